The second kappa shape index (κ2) is 12.8. The summed E-state index contributed by atoms with van der Waals surface area (Å²) in [6.45, 7) is 11.8. The Bertz CT molecular complexity index is 916. The largest absolute Gasteiger partial charge is 0.390 e. The van der Waals surface area contributed by atoms with Gasteiger partial charge in [0.2, 0.25) is 15.9 Å². The van der Waals surface area contributed by atoms with Crippen LogP contribution < -0.4 is 14.9 Å². The molecule has 4 atom stereocenters. The number of nitrogens with zero attached hydrogens (tertiary/aromatic N) is 2. The van der Waals surface area contributed by atoms with Gasteiger partial charge in [0.25, 0.3) is 5.91 Å². The van der Waals surface area contributed by atoms with Gasteiger partial charge >= 0.3 is 0 Å². The zero-order chi connectivity index (χ0) is 26.4. The van der Waals surface area contributed by atoms with Gasteiger partial charge in [-0.15, -0.1) is 11.3 Å². The van der Waals surface area contributed by atoms with Crippen LogP contribution in [0.3, 0.4) is 0 Å². The van der Waals surface area contributed by atoms with E-state index in [9.17, 15) is 28.2 Å². The zero-order valence-electron chi connectivity index (χ0n) is 21.3. The summed E-state index contributed by atoms with van der Waals surface area (Å²) in [4.78, 5) is 29.7. The maximum atomic E-state index is 12.9. The van der Waals surface area contributed by atoms with Crippen LogP contribution in [0.15, 0.2) is 5.38 Å². The average molecular weight is 521 g/mol. The van der Waals surface area contributed by atoms with E-state index in [0.29, 0.717) is 13.0 Å². The molecule has 0 aromatic carbocycles. The zero-order valence-corrected chi connectivity index (χ0v) is 22.9. The van der Waals surface area contributed by atoms with Gasteiger partial charge in [-0.1, -0.05) is 41.5 Å². The molecule has 0 unspecified atom stereocenters. The van der Waals surface area contributed by atoms with Gasteiger partial charge in [-0.2, -0.15) is 0 Å². The summed E-state index contributed by atoms with van der Waals surface area (Å²) < 4.78 is 24.4. The highest BCUT2D eigenvalue weighted by molar-refractivity contribution is 7.92. The molecule has 0 bridgehead atoms. The van der Waals surface area contributed by atoms with Crippen LogP contribution in [0.4, 0.5) is 5.13 Å². The average Bonchev–Trinajstić information content (AvgIpc) is 3.19. The molecule has 196 valence electrons. The van der Waals surface area contributed by atoms with Gasteiger partial charge in [0.15, 0.2) is 5.13 Å². The van der Waals surface area contributed by atoms with Crippen molar-refractivity contribution >= 4 is 38.3 Å². The normalized spacial score (nSPS) is 15.8. The second-order valence-corrected chi connectivity index (χ2v) is 12.7. The third kappa shape index (κ3) is 8.79. The Morgan fingerprint density at radius 1 is 1.09 bits per heavy atom. The maximum absolute atomic E-state index is 12.9. The molecule has 0 aliphatic rings. The summed E-state index contributed by atoms with van der Waals surface area (Å²) in [5, 5.41) is 29.1. The number of aliphatic hydroxyl groups excluding tert-OH is 2. The molecule has 0 fully saturated rings. The topological polar surface area (TPSA) is 149 Å². The van der Waals surface area contributed by atoms with Crippen LogP contribution in [0.25, 0.3) is 0 Å². The van der Waals surface area contributed by atoms with E-state index in [1.165, 1.54) is 12.4 Å². The number of hydrogen-bond acceptors (Lipinski definition) is 8. The Balaban J connectivity index is 3.08. The summed E-state index contributed by atoms with van der Waals surface area (Å²) in [5.74, 6) is -1.77. The van der Waals surface area contributed by atoms with Crippen molar-refractivity contribution in [3.05, 3.63) is 11.1 Å². The van der Waals surface area contributed by atoms with Gasteiger partial charge < -0.3 is 20.8 Å². The summed E-state index contributed by atoms with van der Waals surface area (Å²) in [6.07, 6.45) is -1.42. The van der Waals surface area contributed by atoms with Crippen LogP contribution in [0.2, 0.25) is 0 Å². The van der Waals surface area contributed by atoms with E-state index in [2.05, 4.69) is 15.6 Å². The van der Waals surface area contributed by atoms with Crippen LogP contribution in [0.5, 0.6) is 0 Å². The first kappa shape index (κ1) is 30.3. The maximum Gasteiger partial charge on any atom is 0.271 e. The van der Waals surface area contributed by atoms with Gasteiger partial charge in [0.05, 0.1) is 24.3 Å². The van der Waals surface area contributed by atoms with E-state index < -0.39 is 40.1 Å². The molecule has 4 N–H and O–H groups in total. The lowest BCUT2D eigenvalue weighted by Gasteiger charge is -2.34. The number of carbonyl (C=O) groups excluding carboxylic acids is 2. The quantitative estimate of drug-likeness (QED) is 0.307. The van der Waals surface area contributed by atoms with Gasteiger partial charge in [0, 0.05) is 19.0 Å². The summed E-state index contributed by atoms with van der Waals surface area (Å²) >= 11 is 0.999. The molecule has 1 heterocycles. The Morgan fingerprint density at radius 3 is 2.15 bits per heavy atom. The molecule has 1 aromatic heterocycles. The molecular weight excluding hydrogens is 480 g/mol. The number of nitrogens with one attached hydrogen (secondary N) is 2. The number of aliphatic hydroxyl groups is 2. The second-order valence-electron chi connectivity index (χ2n) is 9.85. The van der Waals surface area contributed by atoms with E-state index in [0.717, 1.165) is 21.9 Å². The highest BCUT2D eigenvalue weighted by Gasteiger charge is 2.39. The van der Waals surface area contributed by atoms with E-state index in [-0.39, 0.29) is 34.5 Å². The first-order valence-corrected chi connectivity index (χ1v) is 14.1. The smallest absolute Gasteiger partial charge is 0.271 e. The van der Waals surface area contributed by atoms with Crippen molar-refractivity contribution in [3.63, 3.8) is 0 Å². The van der Waals surface area contributed by atoms with Gasteiger partial charge in [0.1, 0.15) is 11.8 Å². The molecule has 1 rings (SSSR count). The Hall–Kier alpha value is -1.76. The van der Waals surface area contributed by atoms with Crippen LogP contribution in [0, 0.1) is 23.7 Å². The SMILES string of the molecule is CC(C)CNC(=O)[C@H](C(C)C)[C@@H](O)[C@H](O)[C@H](CC(C)C)NC(=O)c1csc(N(C)S(C)(=O)=O)n1. The molecule has 0 aliphatic heterocycles. The van der Waals surface area contributed by atoms with Crippen LogP contribution >= 0.6 is 11.3 Å². The molecule has 0 radical (unpaired) electrons. The fraction of sp³-hybridized carbons (Fsp3) is 0.773. The highest BCUT2D eigenvalue weighted by atomic mass is 32.2. The van der Waals surface area contributed by atoms with Crippen molar-refractivity contribution in [2.24, 2.45) is 23.7 Å². The van der Waals surface area contributed by atoms with E-state index in [1.54, 1.807) is 13.8 Å². The summed E-state index contributed by atoms with van der Waals surface area (Å²) in [7, 11) is -2.19. The number of thiazole rings is 1. The first-order chi connectivity index (χ1) is 15.6. The van der Waals surface area contributed by atoms with Gasteiger partial charge in [-0.3, -0.25) is 9.59 Å². The number of aromatic nitrogens is 1. The number of rotatable bonds is 13. The lowest BCUT2D eigenvalue weighted by Crippen LogP contribution is -2.54. The number of sulfonamides is 1. The Morgan fingerprint density at radius 2 is 1.68 bits per heavy atom. The molecule has 2 amide bonds. The van der Waals surface area contributed by atoms with Crippen LogP contribution in [0.1, 0.15) is 58.5 Å². The third-order valence-electron chi connectivity index (χ3n) is 5.37. The molecule has 0 spiro atoms. The molecule has 0 saturated heterocycles. The number of carbonyl (C=O) groups is 2. The molecular formula is C22H40N4O6S2. The Kier molecular flexibility index (Phi) is 11.4. The van der Waals surface area contributed by atoms with E-state index in [4.69, 9.17) is 0 Å². The molecule has 12 heteroatoms. The van der Waals surface area contributed by atoms with Crippen molar-refractivity contribution in [3.8, 4) is 0 Å². The highest BCUT2D eigenvalue weighted by Crippen LogP contribution is 2.24. The summed E-state index contributed by atoms with van der Waals surface area (Å²) in [6, 6.07) is -0.848. The fourth-order valence-electron chi connectivity index (χ4n) is 3.41. The van der Waals surface area contributed by atoms with Crippen molar-refractivity contribution in [1.82, 2.24) is 15.6 Å². The number of amides is 2. The lowest BCUT2D eigenvalue weighted by molar-refractivity contribution is -0.136. The molecule has 34 heavy (non-hydrogen) atoms. The Labute approximate surface area is 207 Å². The molecule has 0 aliphatic carbocycles. The fourth-order valence-corrected chi connectivity index (χ4v) is 4.95. The number of anilines is 1. The van der Waals surface area contributed by atoms with E-state index in [1.807, 2.05) is 27.7 Å². The van der Waals surface area contributed by atoms with Gasteiger partial charge in [-0.05, 0) is 24.2 Å². The standard InChI is InChI=1S/C22H40N4O6S2/c1-12(2)9-15(18(27)19(28)17(14(5)6)21(30)23-10-13(3)4)24-20(29)16-11-33-22(25-16)26(7)34(8,31)32/h11-15,17-19,27-28H,9-10H2,1-8H3,(H,23,30)(H,24,29)/t15-,17+,18+,19+/m0/s1. The summed E-state index contributed by atoms with van der Waals surface area (Å²) in [5.41, 5.74) is 0.000956. The third-order valence-corrected chi connectivity index (χ3v) is 7.57. The van der Waals surface area contributed by atoms with Crippen molar-refractivity contribution in [1.29, 1.82) is 0 Å². The van der Waals surface area contributed by atoms with Crippen LogP contribution in [-0.4, -0.2) is 73.5 Å². The molecule has 10 nitrogen and oxygen atoms in total. The van der Waals surface area contributed by atoms with Crippen molar-refractivity contribution in [2.45, 2.75) is 66.2 Å². The predicted octanol–water partition coefficient (Wildman–Crippen LogP) is 1.45. The predicted molar refractivity (Wildman–Crippen MR) is 134 cm³/mol. The minimum absolute atomic E-state index is 0.000956. The van der Waals surface area contributed by atoms with Crippen molar-refractivity contribution in [2.75, 3.05) is 24.2 Å². The van der Waals surface area contributed by atoms with Crippen molar-refractivity contribution < 1.29 is 28.2 Å². The lowest BCUT2D eigenvalue weighted by atomic mass is 9.83. The van der Waals surface area contributed by atoms with Crippen LogP contribution in [-0.2, 0) is 14.8 Å². The number of hydrogen-bond donors (Lipinski definition) is 4. The molecule has 0 saturated carbocycles. The monoisotopic (exact) mass is 520 g/mol. The van der Waals surface area contributed by atoms with Gasteiger partial charge in [-0.25, -0.2) is 17.7 Å². The molecule has 1 aromatic rings. The van der Waals surface area contributed by atoms with E-state index >= 15 is 0 Å². The minimum atomic E-state index is -3.53. The first-order valence-electron chi connectivity index (χ1n) is 11.4. The minimum Gasteiger partial charge on any atom is -0.390 e.